The van der Waals surface area contributed by atoms with Gasteiger partial charge in [-0.25, -0.2) is 18.4 Å². The van der Waals surface area contributed by atoms with Gasteiger partial charge in [-0.3, -0.25) is 0 Å². The van der Waals surface area contributed by atoms with Crippen LogP contribution < -0.4 is 0 Å². The second kappa shape index (κ2) is 4.45. The molecule has 0 aliphatic rings. The minimum absolute atomic E-state index is 0.0614. The van der Waals surface area contributed by atoms with Gasteiger partial charge in [0.05, 0.1) is 12.2 Å². The number of pyridine rings is 1. The molecule has 0 aliphatic carbocycles. The summed E-state index contributed by atoms with van der Waals surface area (Å²) in [6, 6.07) is 5.86. The van der Waals surface area contributed by atoms with Gasteiger partial charge in [0.2, 0.25) is 15.0 Å². The molecular weight excluding hydrogens is 276 g/mol. The molecule has 0 saturated heterocycles. The van der Waals surface area contributed by atoms with Crippen molar-refractivity contribution in [3.8, 4) is 0 Å². The molecule has 0 aromatic carbocycles. The largest absolute Gasteiger partial charge is 0.316 e. The van der Waals surface area contributed by atoms with Crippen molar-refractivity contribution in [1.29, 1.82) is 0 Å². The summed E-state index contributed by atoms with van der Waals surface area (Å²) >= 11 is 0. The quantitative estimate of drug-likeness (QED) is 0.729. The van der Waals surface area contributed by atoms with Crippen molar-refractivity contribution in [3.63, 3.8) is 0 Å². The maximum Gasteiger partial charge on any atom is 0.227 e. The van der Waals surface area contributed by atoms with E-state index in [0.29, 0.717) is 6.54 Å². The second-order valence-electron chi connectivity index (χ2n) is 4.74. The van der Waals surface area contributed by atoms with Crippen LogP contribution in [0.2, 0.25) is 0 Å². The van der Waals surface area contributed by atoms with Crippen molar-refractivity contribution in [2.24, 2.45) is 0 Å². The summed E-state index contributed by atoms with van der Waals surface area (Å²) in [6.07, 6.45) is 6.20. The molecule has 0 aliphatic heterocycles. The van der Waals surface area contributed by atoms with E-state index in [1.54, 1.807) is 10.8 Å². The summed E-state index contributed by atoms with van der Waals surface area (Å²) in [4.78, 5) is 8.39. The van der Waals surface area contributed by atoms with Crippen LogP contribution in [-0.4, -0.2) is 33.6 Å². The molecule has 20 heavy (non-hydrogen) atoms. The van der Waals surface area contributed by atoms with Crippen LogP contribution in [0.25, 0.3) is 5.65 Å². The fraction of sp³-hybridized carbons (Fsp3) is 0.231. The van der Waals surface area contributed by atoms with Crippen molar-refractivity contribution >= 4 is 15.5 Å². The van der Waals surface area contributed by atoms with Crippen molar-refractivity contribution in [1.82, 2.24) is 18.9 Å². The van der Waals surface area contributed by atoms with Gasteiger partial charge in [0.25, 0.3) is 0 Å². The van der Waals surface area contributed by atoms with E-state index in [-0.39, 0.29) is 5.16 Å². The number of sulfone groups is 1. The Hall–Kier alpha value is -2.15. The molecule has 0 bridgehead atoms. The molecule has 0 amide bonds. The Bertz CT molecular complexity index is 877. The number of aryl methyl sites for hydroxylation is 1. The third-order valence-corrected chi connectivity index (χ3v) is 4.09. The zero-order valence-electron chi connectivity index (χ0n) is 11.2. The molecule has 0 spiro atoms. The third kappa shape index (κ3) is 2.20. The lowest BCUT2D eigenvalue weighted by molar-refractivity contribution is 0.577. The number of fused-ring (bicyclic) bond motifs is 1. The van der Waals surface area contributed by atoms with Gasteiger partial charge in [0.15, 0.2) is 0 Å². The van der Waals surface area contributed by atoms with Crippen molar-refractivity contribution in [2.75, 3.05) is 6.26 Å². The second-order valence-corrected chi connectivity index (χ2v) is 6.65. The lowest BCUT2D eigenvalue weighted by atomic mass is 10.4. The van der Waals surface area contributed by atoms with E-state index >= 15 is 0 Å². The highest BCUT2D eigenvalue weighted by Crippen LogP contribution is 2.12. The van der Waals surface area contributed by atoms with Crippen LogP contribution >= 0.6 is 0 Å². The van der Waals surface area contributed by atoms with Crippen LogP contribution in [0.1, 0.15) is 11.4 Å². The smallest absolute Gasteiger partial charge is 0.227 e. The highest BCUT2D eigenvalue weighted by molar-refractivity contribution is 7.90. The van der Waals surface area contributed by atoms with Gasteiger partial charge in [0.1, 0.15) is 5.65 Å². The Balaban J connectivity index is 2.02. The first-order valence-electron chi connectivity index (χ1n) is 6.10. The maximum atomic E-state index is 11.6. The lowest BCUT2D eigenvalue weighted by Crippen LogP contribution is -2.09. The van der Waals surface area contributed by atoms with Gasteiger partial charge in [-0.1, -0.05) is 6.07 Å². The number of nitrogens with zero attached hydrogens (tertiary/aromatic N) is 4. The van der Waals surface area contributed by atoms with E-state index in [0.717, 1.165) is 23.3 Å². The summed E-state index contributed by atoms with van der Waals surface area (Å²) in [6.45, 7) is 2.38. The summed E-state index contributed by atoms with van der Waals surface area (Å²) in [5.41, 5.74) is 2.72. The van der Waals surface area contributed by atoms with Gasteiger partial charge in [-0.05, 0) is 19.1 Å². The van der Waals surface area contributed by atoms with Crippen LogP contribution in [0.5, 0.6) is 0 Å². The zero-order chi connectivity index (χ0) is 14.3. The highest BCUT2D eigenvalue weighted by Gasteiger charge is 2.15. The standard InChI is InChI=1S/C13H14N4O2S/c1-10-4-3-5-12-15-11(9-17(10)12)8-16-7-6-14-13(16)20(2,18)19/h3-7,9H,8H2,1-2H3. The maximum absolute atomic E-state index is 11.6. The Kier molecular flexibility index (Phi) is 2.86. The molecule has 3 aromatic rings. The van der Waals surface area contributed by atoms with Crippen molar-refractivity contribution < 1.29 is 8.42 Å². The topological polar surface area (TPSA) is 69.3 Å². The number of hydrogen-bond donors (Lipinski definition) is 0. The molecule has 0 unspecified atom stereocenters. The van der Waals surface area contributed by atoms with E-state index in [1.807, 2.05) is 35.7 Å². The van der Waals surface area contributed by atoms with Crippen molar-refractivity contribution in [2.45, 2.75) is 18.6 Å². The third-order valence-electron chi connectivity index (χ3n) is 3.09. The van der Waals surface area contributed by atoms with E-state index in [4.69, 9.17) is 0 Å². The van der Waals surface area contributed by atoms with Gasteiger partial charge < -0.3 is 8.97 Å². The number of imidazole rings is 2. The van der Waals surface area contributed by atoms with Crippen molar-refractivity contribution in [3.05, 3.63) is 48.2 Å². The molecule has 0 radical (unpaired) electrons. The Morgan fingerprint density at radius 1 is 1.30 bits per heavy atom. The fourth-order valence-corrected chi connectivity index (χ4v) is 3.00. The predicted molar refractivity (Wildman–Crippen MR) is 74.4 cm³/mol. The molecule has 104 valence electrons. The van der Waals surface area contributed by atoms with Crippen LogP contribution in [0, 0.1) is 6.92 Å². The lowest BCUT2D eigenvalue weighted by Gasteiger charge is -2.03. The summed E-state index contributed by atoms with van der Waals surface area (Å²) in [5, 5.41) is 0.0614. The number of aromatic nitrogens is 4. The molecule has 0 saturated carbocycles. The van der Waals surface area contributed by atoms with Gasteiger partial charge >= 0.3 is 0 Å². The summed E-state index contributed by atoms with van der Waals surface area (Å²) in [5.74, 6) is 0. The first-order chi connectivity index (χ1) is 9.45. The minimum atomic E-state index is -3.33. The summed E-state index contributed by atoms with van der Waals surface area (Å²) in [7, 11) is -3.33. The monoisotopic (exact) mass is 290 g/mol. The van der Waals surface area contributed by atoms with E-state index in [9.17, 15) is 8.42 Å². The van der Waals surface area contributed by atoms with Gasteiger partial charge in [-0.15, -0.1) is 0 Å². The molecule has 6 nitrogen and oxygen atoms in total. The first kappa shape index (κ1) is 12.9. The van der Waals surface area contributed by atoms with E-state index < -0.39 is 9.84 Å². The van der Waals surface area contributed by atoms with E-state index in [2.05, 4.69) is 9.97 Å². The minimum Gasteiger partial charge on any atom is -0.316 e. The average Bonchev–Trinajstić information content (AvgIpc) is 2.95. The molecule has 3 heterocycles. The van der Waals surface area contributed by atoms with Crippen LogP contribution in [0.15, 0.2) is 41.9 Å². The summed E-state index contributed by atoms with van der Waals surface area (Å²) < 4.78 is 26.8. The zero-order valence-corrected chi connectivity index (χ0v) is 12.0. The average molecular weight is 290 g/mol. The Labute approximate surface area is 116 Å². The number of hydrogen-bond acceptors (Lipinski definition) is 4. The van der Waals surface area contributed by atoms with Crippen LogP contribution in [0.4, 0.5) is 0 Å². The normalized spacial score (nSPS) is 12.1. The molecule has 3 rings (SSSR count). The molecule has 0 fully saturated rings. The van der Waals surface area contributed by atoms with Crippen LogP contribution in [0.3, 0.4) is 0 Å². The van der Waals surface area contributed by atoms with Crippen LogP contribution in [-0.2, 0) is 16.4 Å². The molecule has 7 heteroatoms. The molecular formula is C13H14N4O2S. The molecule has 3 aromatic heterocycles. The SMILES string of the molecule is Cc1cccc2nc(Cn3ccnc3S(C)(=O)=O)cn12. The molecule has 0 N–H and O–H groups in total. The van der Waals surface area contributed by atoms with Gasteiger partial charge in [0, 0.05) is 30.5 Å². The molecule has 0 atom stereocenters. The van der Waals surface area contributed by atoms with Gasteiger partial charge in [-0.2, -0.15) is 0 Å². The predicted octanol–water partition coefficient (Wildman–Crippen LogP) is 1.29. The highest BCUT2D eigenvalue weighted by atomic mass is 32.2. The Morgan fingerprint density at radius 2 is 2.10 bits per heavy atom. The van der Waals surface area contributed by atoms with E-state index in [1.165, 1.54) is 6.20 Å². The Morgan fingerprint density at radius 3 is 2.80 bits per heavy atom. The first-order valence-corrected chi connectivity index (χ1v) is 7.99. The fourth-order valence-electron chi connectivity index (χ4n) is 2.19. The number of rotatable bonds is 3.